The summed E-state index contributed by atoms with van der Waals surface area (Å²) in [5, 5.41) is 0.000221. The number of carbonyl (C=O) groups is 1. The summed E-state index contributed by atoms with van der Waals surface area (Å²) in [4.78, 5) is 18.8. The third kappa shape index (κ3) is 3.61. The van der Waals surface area contributed by atoms with Crippen molar-refractivity contribution >= 4 is 17.5 Å². The van der Waals surface area contributed by atoms with E-state index >= 15 is 0 Å². The van der Waals surface area contributed by atoms with Crippen LogP contribution in [0.5, 0.6) is 0 Å². The van der Waals surface area contributed by atoms with Crippen molar-refractivity contribution in [1.29, 1.82) is 0 Å². The predicted molar refractivity (Wildman–Crippen MR) is 78.6 cm³/mol. The zero-order chi connectivity index (χ0) is 14.0. The van der Waals surface area contributed by atoms with Gasteiger partial charge in [-0.15, -0.1) is 11.6 Å². The van der Waals surface area contributed by atoms with E-state index in [1.807, 2.05) is 4.90 Å². The summed E-state index contributed by atoms with van der Waals surface area (Å²) in [5.74, 6) is 0.209. The number of piperazine rings is 1. The highest BCUT2D eigenvalue weighted by atomic mass is 35.5. The van der Waals surface area contributed by atoms with E-state index in [0.29, 0.717) is 13.0 Å². The molecule has 110 valence electrons. The van der Waals surface area contributed by atoms with E-state index in [4.69, 9.17) is 11.6 Å². The number of alkyl halides is 1. The van der Waals surface area contributed by atoms with Gasteiger partial charge >= 0.3 is 0 Å². The number of likely N-dealkylation sites (tertiary alicyclic amines) is 1. The average molecular weight is 288 g/mol. The summed E-state index contributed by atoms with van der Waals surface area (Å²) in [6.45, 7) is 13.8. The topological polar surface area (TPSA) is 26.8 Å². The van der Waals surface area contributed by atoms with Crippen LogP contribution in [0.2, 0.25) is 0 Å². The molecule has 4 nitrogen and oxygen atoms in total. The maximum Gasteiger partial charge on any atom is 0.224 e. The summed E-state index contributed by atoms with van der Waals surface area (Å²) >= 11 is 6.07. The Balaban J connectivity index is 1.89. The third-order valence-corrected chi connectivity index (χ3v) is 4.71. The smallest absolute Gasteiger partial charge is 0.224 e. The van der Waals surface area contributed by atoms with Crippen LogP contribution >= 0.6 is 11.6 Å². The molecule has 0 aromatic heterocycles. The number of hydrogen-bond donors (Lipinski definition) is 0. The van der Waals surface area contributed by atoms with Crippen molar-refractivity contribution in [1.82, 2.24) is 14.7 Å². The normalized spacial score (nSPS) is 27.3. The highest BCUT2D eigenvalue weighted by molar-refractivity contribution is 6.22. The van der Waals surface area contributed by atoms with Gasteiger partial charge in [-0.1, -0.05) is 6.92 Å². The Labute approximate surface area is 121 Å². The molecule has 0 aromatic rings. The fourth-order valence-electron chi connectivity index (χ4n) is 3.11. The molecule has 0 aromatic carbocycles. The highest BCUT2D eigenvalue weighted by Crippen LogP contribution is 2.23. The molecule has 5 heteroatoms. The second-order valence-corrected chi connectivity index (χ2v) is 6.93. The van der Waals surface area contributed by atoms with Gasteiger partial charge in [0, 0.05) is 51.2 Å². The molecule has 2 aliphatic heterocycles. The summed E-state index contributed by atoms with van der Waals surface area (Å²) in [5.41, 5.74) is 0.0381. The number of nitrogens with zero attached hydrogens (tertiary/aromatic N) is 3. The Morgan fingerprint density at radius 1 is 1.26 bits per heavy atom. The Bertz CT molecular complexity index is 327. The van der Waals surface area contributed by atoms with Crippen LogP contribution in [-0.4, -0.2) is 77.3 Å². The first-order valence-corrected chi connectivity index (χ1v) is 7.75. The van der Waals surface area contributed by atoms with Gasteiger partial charge < -0.3 is 9.80 Å². The van der Waals surface area contributed by atoms with E-state index in [-0.39, 0.29) is 16.8 Å². The molecular formula is C14H26ClN3O. The van der Waals surface area contributed by atoms with Crippen LogP contribution in [0.1, 0.15) is 27.2 Å². The number of rotatable bonds is 4. The summed E-state index contributed by atoms with van der Waals surface area (Å²) < 4.78 is 0. The minimum absolute atomic E-state index is 0.000221. The molecule has 0 spiro atoms. The van der Waals surface area contributed by atoms with Crippen molar-refractivity contribution in [3.05, 3.63) is 0 Å². The van der Waals surface area contributed by atoms with Crippen molar-refractivity contribution in [2.45, 2.75) is 38.1 Å². The lowest BCUT2D eigenvalue weighted by Gasteiger charge is -2.45. The lowest BCUT2D eigenvalue weighted by molar-refractivity contribution is -0.129. The van der Waals surface area contributed by atoms with Crippen LogP contribution in [0.25, 0.3) is 0 Å². The molecule has 1 amide bonds. The molecule has 19 heavy (non-hydrogen) atoms. The molecule has 2 saturated heterocycles. The van der Waals surface area contributed by atoms with Gasteiger partial charge in [-0.25, -0.2) is 0 Å². The van der Waals surface area contributed by atoms with E-state index in [1.165, 1.54) is 0 Å². The first-order valence-electron chi connectivity index (χ1n) is 7.31. The molecule has 0 radical (unpaired) electrons. The molecule has 2 fully saturated rings. The quantitative estimate of drug-likeness (QED) is 0.728. The Hall–Kier alpha value is -0.320. The summed E-state index contributed by atoms with van der Waals surface area (Å²) in [7, 11) is 0. The first kappa shape index (κ1) is 15.1. The second kappa shape index (κ2) is 5.98. The van der Waals surface area contributed by atoms with Crippen LogP contribution in [0.4, 0.5) is 0 Å². The predicted octanol–water partition coefficient (Wildman–Crippen LogP) is 1.24. The molecule has 0 aliphatic carbocycles. The summed E-state index contributed by atoms with van der Waals surface area (Å²) in [6.07, 6.45) is 0.501. The standard InChI is InChI=1S/C14H26ClN3O/c1-4-16-5-7-18(8-6-16)14(2,3)11-17-10-12(15)9-13(17)19/h12H,4-11H2,1-3H3. The maximum atomic E-state index is 11.9. The summed E-state index contributed by atoms with van der Waals surface area (Å²) in [6, 6.07) is 0. The van der Waals surface area contributed by atoms with Crippen molar-refractivity contribution in [3.63, 3.8) is 0 Å². The number of halogens is 1. The van der Waals surface area contributed by atoms with E-state index < -0.39 is 0 Å². The number of likely N-dealkylation sites (N-methyl/N-ethyl adjacent to an activating group) is 1. The van der Waals surface area contributed by atoms with Gasteiger partial charge in [0.1, 0.15) is 0 Å². The van der Waals surface area contributed by atoms with Gasteiger partial charge in [0.25, 0.3) is 0 Å². The van der Waals surface area contributed by atoms with Crippen molar-refractivity contribution < 1.29 is 4.79 Å². The van der Waals surface area contributed by atoms with Gasteiger partial charge in [0.05, 0.1) is 5.38 Å². The monoisotopic (exact) mass is 287 g/mol. The maximum absolute atomic E-state index is 11.9. The first-order chi connectivity index (χ1) is 8.92. The number of amides is 1. The van der Waals surface area contributed by atoms with Crippen LogP contribution in [-0.2, 0) is 4.79 Å². The van der Waals surface area contributed by atoms with E-state index in [0.717, 1.165) is 39.3 Å². The van der Waals surface area contributed by atoms with Gasteiger partial charge in [0.15, 0.2) is 0 Å². The zero-order valence-corrected chi connectivity index (χ0v) is 13.1. The molecule has 1 unspecified atom stereocenters. The number of carbonyl (C=O) groups excluding carboxylic acids is 1. The third-order valence-electron chi connectivity index (χ3n) is 4.42. The van der Waals surface area contributed by atoms with Crippen LogP contribution in [0, 0.1) is 0 Å². The SMILES string of the molecule is CCN1CCN(C(C)(C)CN2CC(Cl)CC2=O)CC1. The van der Waals surface area contributed by atoms with E-state index in [2.05, 4.69) is 30.6 Å². The van der Waals surface area contributed by atoms with Crippen molar-refractivity contribution in [2.24, 2.45) is 0 Å². The van der Waals surface area contributed by atoms with E-state index in [1.54, 1.807) is 0 Å². The lowest BCUT2D eigenvalue weighted by atomic mass is 10.0. The van der Waals surface area contributed by atoms with Crippen LogP contribution < -0.4 is 0 Å². The van der Waals surface area contributed by atoms with Gasteiger partial charge in [-0.3, -0.25) is 9.69 Å². The minimum Gasteiger partial charge on any atom is -0.339 e. The van der Waals surface area contributed by atoms with Crippen molar-refractivity contribution in [2.75, 3.05) is 45.8 Å². The lowest BCUT2D eigenvalue weighted by Crippen LogP contribution is -2.58. The minimum atomic E-state index is 0.000221. The Morgan fingerprint density at radius 3 is 2.37 bits per heavy atom. The van der Waals surface area contributed by atoms with Gasteiger partial charge in [-0.2, -0.15) is 0 Å². The molecule has 0 bridgehead atoms. The largest absolute Gasteiger partial charge is 0.339 e. The Morgan fingerprint density at radius 2 is 1.89 bits per heavy atom. The molecule has 2 heterocycles. The van der Waals surface area contributed by atoms with Crippen LogP contribution in [0.15, 0.2) is 0 Å². The average Bonchev–Trinajstić information content (AvgIpc) is 2.67. The zero-order valence-electron chi connectivity index (χ0n) is 12.4. The molecule has 2 rings (SSSR count). The van der Waals surface area contributed by atoms with Crippen molar-refractivity contribution in [3.8, 4) is 0 Å². The molecule has 0 N–H and O–H groups in total. The fraction of sp³-hybridized carbons (Fsp3) is 0.929. The fourth-order valence-corrected chi connectivity index (χ4v) is 3.41. The van der Waals surface area contributed by atoms with Gasteiger partial charge in [0.2, 0.25) is 5.91 Å². The number of hydrogen-bond acceptors (Lipinski definition) is 3. The molecule has 2 aliphatic rings. The highest BCUT2D eigenvalue weighted by Gasteiger charge is 2.36. The Kier molecular flexibility index (Phi) is 4.75. The van der Waals surface area contributed by atoms with Crippen LogP contribution in [0.3, 0.4) is 0 Å². The van der Waals surface area contributed by atoms with E-state index in [9.17, 15) is 4.79 Å². The molecule has 0 saturated carbocycles. The molecular weight excluding hydrogens is 262 g/mol. The second-order valence-electron chi connectivity index (χ2n) is 6.31. The van der Waals surface area contributed by atoms with Gasteiger partial charge in [-0.05, 0) is 20.4 Å². The molecule has 1 atom stereocenters.